The van der Waals surface area contributed by atoms with Gasteiger partial charge in [-0.1, -0.05) is 54.7 Å². The van der Waals surface area contributed by atoms with Gasteiger partial charge in [0.15, 0.2) is 5.69 Å². The van der Waals surface area contributed by atoms with E-state index in [9.17, 15) is 13.2 Å². The number of benzene rings is 3. The molecule has 0 saturated heterocycles. The molecule has 2 aromatic heterocycles. The molecule has 0 radical (unpaired) electrons. The third-order valence-corrected chi connectivity index (χ3v) is 7.10. The summed E-state index contributed by atoms with van der Waals surface area (Å²) in [5.41, 5.74) is 3.17. The van der Waals surface area contributed by atoms with Gasteiger partial charge in [-0.2, -0.15) is 16.4 Å². The summed E-state index contributed by atoms with van der Waals surface area (Å²) in [4.78, 5) is 16.9. The minimum Gasteiger partial charge on any atom is -0.433 e. The van der Waals surface area contributed by atoms with Crippen LogP contribution in [0.15, 0.2) is 107 Å². The van der Waals surface area contributed by atoms with Crippen molar-refractivity contribution in [2.45, 2.75) is 4.90 Å². The van der Waals surface area contributed by atoms with Crippen LogP contribution in [0, 0.1) is 0 Å². The number of carbonyl (C=O) groups excluding carboxylic acids is 1. The standard InChI is InChI=1S/C25H19N5O3S2.Ag/c31-24(27-19-11-13-21(14-12-19)35(32,33)29-25-26-15-16-34-25)22-17-23(18-7-3-1-4-8-18)30(28-22)20-9-5-2-6-10-20;/h1-17H,(H2,26,27,29,31);/q;+1/p-1. The Morgan fingerprint density at radius 1 is 0.917 bits per heavy atom. The number of para-hydroxylation sites is 1. The molecule has 36 heavy (non-hydrogen) atoms. The van der Waals surface area contributed by atoms with Crippen LogP contribution in [-0.2, 0) is 32.4 Å². The molecule has 0 aliphatic heterocycles. The van der Waals surface area contributed by atoms with E-state index >= 15 is 0 Å². The van der Waals surface area contributed by atoms with Crippen LogP contribution in [0.5, 0.6) is 0 Å². The number of nitrogens with one attached hydrogen (secondary N) is 1. The SMILES string of the molecule is O=C(Nc1ccc(S(=O)(=O)[N-]c2nccs2)cc1)c1cc(-c2ccccc2)n(-c2ccccc2)n1.[Ag+]. The molecule has 0 saturated carbocycles. The Hall–Kier alpha value is -3.54. The summed E-state index contributed by atoms with van der Waals surface area (Å²) in [5, 5.41) is 9.12. The second kappa shape index (κ2) is 11.0. The smallest absolute Gasteiger partial charge is 0.433 e. The zero-order chi connectivity index (χ0) is 24.3. The van der Waals surface area contributed by atoms with Crippen molar-refractivity contribution in [3.63, 3.8) is 0 Å². The van der Waals surface area contributed by atoms with E-state index < -0.39 is 15.9 Å². The molecule has 0 unspecified atom stereocenters. The van der Waals surface area contributed by atoms with Crippen molar-refractivity contribution in [2.75, 3.05) is 5.32 Å². The number of carbonyl (C=O) groups is 1. The molecule has 3 aromatic carbocycles. The van der Waals surface area contributed by atoms with Crippen molar-refractivity contribution in [1.82, 2.24) is 14.8 Å². The Morgan fingerprint density at radius 3 is 2.22 bits per heavy atom. The number of aromatic nitrogens is 3. The topological polar surface area (TPSA) is 108 Å². The summed E-state index contributed by atoms with van der Waals surface area (Å²) in [6.07, 6.45) is 1.49. The molecule has 184 valence electrons. The fourth-order valence-electron chi connectivity index (χ4n) is 3.39. The predicted octanol–water partition coefficient (Wildman–Crippen LogP) is 5.64. The van der Waals surface area contributed by atoms with E-state index in [1.807, 2.05) is 60.7 Å². The van der Waals surface area contributed by atoms with E-state index in [0.29, 0.717) is 5.69 Å². The maximum atomic E-state index is 13.0. The molecule has 1 amide bonds. The van der Waals surface area contributed by atoms with Gasteiger partial charge in [-0.25, -0.2) is 13.1 Å². The van der Waals surface area contributed by atoms with Crippen LogP contribution in [-0.4, -0.2) is 29.1 Å². The summed E-state index contributed by atoms with van der Waals surface area (Å²) >= 11 is 1.13. The zero-order valence-electron chi connectivity index (χ0n) is 18.4. The van der Waals surface area contributed by atoms with Gasteiger partial charge in [-0.05, 0) is 47.8 Å². The molecule has 5 rings (SSSR count). The molecule has 2 heterocycles. The van der Waals surface area contributed by atoms with Crippen molar-refractivity contribution >= 4 is 38.1 Å². The summed E-state index contributed by atoms with van der Waals surface area (Å²) in [5.74, 6) is -0.417. The van der Waals surface area contributed by atoms with E-state index in [1.54, 1.807) is 16.1 Å². The summed E-state index contributed by atoms with van der Waals surface area (Å²) in [6.45, 7) is 0. The van der Waals surface area contributed by atoms with Gasteiger partial charge in [-0.3, -0.25) is 4.79 Å². The third-order valence-electron chi connectivity index (χ3n) is 5.04. The first kappa shape index (κ1) is 25.6. The number of hydrogen-bond acceptors (Lipinski definition) is 6. The normalized spacial score (nSPS) is 10.9. The average Bonchev–Trinajstić information content (AvgIpc) is 3.55. The fourth-order valence-corrected chi connectivity index (χ4v) is 5.06. The van der Waals surface area contributed by atoms with Gasteiger partial charge < -0.3 is 15.0 Å². The number of nitrogens with zero attached hydrogens (tertiary/aromatic N) is 4. The predicted molar refractivity (Wildman–Crippen MR) is 136 cm³/mol. The molecule has 0 bridgehead atoms. The zero-order valence-corrected chi connectivity index (χ0v) is 21.6. The van der Waals surface area contributed by atoms with Gasteiger partial charge in [0.25, 0.3) is 5.91 Å². The van der Waals surface area contributed by atoms with Gasteiger partial charge >= 0.3 is 22.4 Å². The number of rotatable bonds is 7. The van der Waals surface area contributed by atoms with E-state index in [4.69, 9.17) is 0 Å². The maximum Gasteiger partial charge on any atom is 1.00 e. The maximum absolute atomic E-state index is 13.0. The molecule has 11 heteroatoms. The van der Waals surface area contributed by atoms with E-state index in [-0.39, 0.29) is 38.1 Å². The van der Waals surface area contributed by atoms with Crippen LogP contribution in [0.4, 0.5) is 10.8 Å². The monoisotopic (exact) mass is 607 g/mol. The number of sulfonamides is 1. The van der Waals surface area contributed by atoms with E-state index in [0.717, 1.165) is 28.3 Å². The summed E-state index contributed by atoms with van der Waals surface area (Å²) < 4.78 is 30.4. The second-order valence-electron chi connectivity index (χ2n) is 7.39. The first-order valence-electron chi connectivity index (χ1n) is 10.5. The van der Waals surface area contributed by atoms with Crippen molar-refractivity contribution in [2.24, 2.45) is 0 Å². The molecule has 0 atom stereocenters. The van der Waals surface area contributed by atoms with Gasteiger partial charge in [0.05, 0.1) is 16.3 Å². The average molecular weight is 608 g/mol. The van der Waals surface area contributed by atoms with Gasteiger partial charge in [0, 0.05) is 16.4 Å². The molecule has 0 aliphatic carbocycles. The quantitative estimate of drug-likeness (QED) is 0.241. The minimum atomic E-state index is -3.90. The van der Waals surface area contributed by atoms with Crippen LogP contribution in [0.25, 0.3) is 21.7 Å². The summed E-state index contributed by atoms with van der Waals surface area (Å²) in [6, 6.07) is 26.7. The largest absolute Gasteiger partial charge is 1.00 e. The van der Waals surface area contributed by atoms with Crippen molar-refractivity contribution < 1.29 is 35.6 Å². The van der Waals surface area contributed by atoms with Crippen molar-refractivity contribution in [3.8, 4) is 16.9 Å². The van der Waals surface area contributed by atoms with E-state index in [2.05, 4.69) is 20.1 Å². The number of amides is 1. The van der Waals surface area contributed by atoms with Crippen LogP contribution < -0.4 is 5.32 Å². The van der Waals surface area contributed by atoms with Crippen LogP contribution in [0.2, 0.25) is 0 Å². The molecule has 5 aromatic rings. The number of thiazole rings is 1. The Morgan fingerprint density at radius 2 is 1.58 bits per heavy atom. The fraction of sp³-hybridized carbons (Fsp3) is 0. The van der Waals surface area contributed by atoms with Crippen molar-refractivity contribution in [1.29, 1.82) is 0 Å². The van der Waals surface area contributed by atoms with Crippen LogP contribution >= 0.6 is 11.3 Å². The van der Waals surface area contributed by atoms with Gasteiger partial charge in [0.1, 0.15) is 0 Å². The molecule has 0 fully saturated rings. The Balaban J connectivity index is 0.00000304. The Kier molecular flexibility index (Phi) is 7.82. The molecule has 1 N–H and O–H groups in total. The van der Waals surface area contributed by atoms with Gasteiger partial charge in [-0.15, -0.1) is 0 Å². The number of hydrogen-bond donors (Lipinski definition) is 1. The molecule has 0 aliphatic rings. The minimum absolute atomic E-state index is 0. The number of anilines is 1. The third kappa shape index (κ3) is 5.64. The summed E-state index contributed by atoms with van der Waals surface area (Å²) in [7, 11) is -3.90. The molecule has 8 nitrogen and oxygen atoms in total. The van der Waals surface area contributed by atoms with Crippen LogP contribution in [0.3, 0.4) is 0 Å². The molecule has 0 spiro atoms. The van der Waals surface area contributed by atoms with Crippen molar-refractivity contribution in [3.05, 3.63) is 113 Å². The Bertz CT molecular complexity index is 1500. The van der Waals surface area contributed by atoms with Gasteiger partial charge in [0.2, 0.25) is 10.0 Å². The first-order chi connectivity index (χ1) is 17.0. The molecular formula is C25H18AgN5O3S2. The first-order valence-corrected chi connectivity index (χ1v) is 12.8. The Labute approximate surface area is 227 Å². The molecular weight excluding hydrogens is 590 g/mol. The van der Waals surface area contributed by atoms with Crippen LogP contribution in [0.1, 0.15) is 10.5 Å². The second-order valence-corrected chi connectivity index (χ2v) is 9.86. The van der Waals surface area contributed by atoms with E-state index in [1.165, 1.54) is 30.5 Å².